The predicted molar refractivity (Wildman–Crippen MR) is 87.5 cm³/mol. The van der Waals surface area contributed by atoms with Crippen molar-refractivity contribution in [2.24, 2.45) is 11.0 Å². The first kappa shape index (κ1) is 17.9. The monoisotopic (exact) mass is 365 g/mol. The van der Waals surface area contributed by atoms with Gasteiger partial charge in [0, 0.05) is 0 Å². The molecule has 0 aromatic carbocycles. The predicted octanol–water partition coefficient (Wildman–Crippen LogP) is 2.47. The number of hydrogen-bond donors (Lipinski definition) is 0. The van der Waals surface area contributed by atoms with Crippen LogP contribution in [0.5, 0.6) is 0 Å². The van der Waals surface area contributed by atoms with Gasteiger partial charge in [0.2, 0.25) is 0 Å². The van der Waals surface area contributed by atoms with Crippen LogP contribution in [0.2, 0.25) is 0 Å². The number of furan rings is 1. The molecule has 2 fully saturated rings. The lowest BCUT2D eigenvalue weighted by molar-refractivity contribution is -0.402. The van der Waals surface area contributed by atoms with E-state index in [0.29, 0.717) is 0 Å². The zero-order chi connectivity index (χ0) is 18.5. The Hall–Kier alpha value is -2.91. The van der Waals surface area contributed by atoms with E-state index in [-0.39, 0.29) is 30.8 Å². The number of hydrogen-bond acceptors (Lipinski definition) is 8. The SMILES string of the molecule is O=C(OCC1CN(N=Cc2ccc([N+](=O)[O-])o2)C(=O)O1)C1CCCCC1. The number of esters is 1. The molecule has 0 N–H and O–H groups in total. The average molecular weight is 365 g/mol. The molecule has 1 amide bonds. The fourth-order valence-corrected chi connectivity index (χ4v) is 2.96. The number of carbonyl (C=O) groups is 2. The minimum Gasteiger partial charge on any atom is -0.461 e. The molecule has 2 heterocycles. The van der Waals surface area contributed by atoms with Crippen LogP contribution in [-0.2, 0) is 14.3 Å². The van der Waals surface area contributed by atoms with Crippen molar-refractivity contribution in [2.45, 2.75) is 38.2 Å². The third kappa shape index (κ3) is 4.38. The summed E-state index contributed by atoms with van der Waals surface area (Å²) in [6.07, 6.45) is 4.81. The molecule has 1 aromatic rings. The minimum absolute atomic E-state index is 0.0146. The molecule has 2 aliphatic rings. The fourth-order valence-electron chi connectivity index (χ4n) is 2.96. The number of nitro groups is 1. The molecule has 1 saturated heterocycles. The van der Waals surface area contributed by atoms with Gasteiger partial charge in [0.1, 0.15) is 11.5 Å². The van der Waals surface area contributed by atoms with Gasteiger partial charge in [-0.1, -0.05) is 19.3 Å². The highest BCUT2D eigenvalue weighted by molar-refractivity contribution is 5.78. The Morgan fingerprint density at radius 2 is 2.15 bits per heavy atom. The maximum absolute atomic E-state index is 12.0. The van der Waals surface area contributed by atoms with Crippen molar-refractivity contribution >= 4 is 24.2 Å². The van der Waals surface area contributed by atoms with Crippen LogP contribution >= 0.6 is 0 Å². The number of rotatable bonds is 6. The van der Waals surface area contributed by atoms with Crippen molar-refractivity contribution < 1.29 is 28.4 Å². The summed E-state index contributed by atoms with van der Waals surface area (Å²) >= 11 is 0. The summed E-state index contributed by atoms with van der Waals surface area (Å²) in [5.41, 5.74) is 0. The minimum atomic E-state index is -0.680. The topological polar surface area (TPSA) is 124 Å². The van der Waals surface area contributed by atoms with E-state index >= 15 is 0 Å². The van der Waals surface area contributed by atoms with Gasteiger partial charge in [0.15, 0.2) is 11.9 Å². The molecule has 0 radical (unpaired) electrons. The molecule has 0 spiro atoms. The standard InChI is InChI=1S/C16H19N3O7/c20-15(11-4-2-1-3-5-11)24-10-13-9-18(16(21)26-13)17-8-12-6-7-14(25-12)19(22)23/h6-8,11,13H,1-5,9-10H2. The molecule has 1 aromatic heterocycles. The van der Waals surface area contributed by atoms with Gasteiger partial charge in [-0.25, -0.2) is 4.79 Å². The number of cyclic esters (lactones) is 1. The highest BCUT2D eigenvalue weighted by Gasteiger charge is 2.33. The Labute approximate surface area is 148 Å². The molecule has 26 heavy (non-hydrogen) atoms. The molecule has 140 valence electrons. The fraction of sp³-hybridized carbons (Fsp3) is 0.562. The number of amides is 1. The second-order valence-electron chi connectivity index (χ2n) is 6.23. The van der Waals surface area contributed by atoms with Crippen LogP contribution in [0.1, 0.15) is 37.9 Å². The molecule has 1 aliphatic carbocycles. The summed E-state index contributed by atoms with van der Waals surface area (Å²) in [4.78, 5) is 33.7. The van der Waals surface area contributed by atoms with Crippen molar-refractivity contribution in [3.8, 4) is 0 Å². The summed E-state index contributed by atoms with van der Waals surface area (Å²) in [5.74, 6) is -0.588. The van der Waals surface area contributed by atoms with Gasteiger partial charge >= 0.3 is 17.9 Å². The van der Waals surface area contributed by atoms with Gasteiger partial charge in [0.05, 0.1) is 24.7 Å². The molecule has 10 heteroatoms. The first-order chi connectivity index (χ1) is 12.5. The third-order valence-electron chi connectivity index (χ3n) is 4.32. The largest absolute Gasteiger partial charge is 0.461 e. The van der Waals surface area contributed by atoms with Crippen LogP contribution in [0.15, 0.2) is 21.7 Å². The average Bonchev–Trinajstić information content (AvgIpc) is 3.25. The van der Waals surface area contributed by atoms with E-state index in [1.807, 2.05) is 0 Å². The molecule has 10 nitrogen and oxygen atoms in total. The maximum atomic E-state index is 12.0. The van der Waals surface area contributed by atoms with Gasteiger partial charge in [-0.3, -0.25) is 14.9 Å². The highest BCUT2D eigenvalue weighted by Crippen LogP contribution is 2.25. The van der Waals surface area contributed by atoms with Crippen molar-refractivity contribution in [3.05, 3.63) is 28.0 Å². The molecule has 1 unspecified atom stereocenters. The van der Waals surface area contributed by atoms with Gasteiger partial charge in [-0.05, 0) is 18.9 Å². The molecule has 1 aliphatic heterocycles. The first-order valence-corrected chi connectivity index (χ1v) is 8.46. The van der Waals surface area contributed by atoms with Gasteiger partial charge in [-0.2, -0.15) is 10.1 Å². The molecule has 1 atom stereocenters. The lowest BCUT2D eigenvalue weighted by Gasteiger charge is -2.20. The van der Waals surface area contributed by atoms with Crippen LogP contribution < -0.4 is 0 Å². The highest BCUT2D eigenvalue weighted by atomic mass is 16.6. The van der Waals surface area contributed by atoms with E-state index in [1.54, 1.807) is 0 Å². The third-order valence-corrected chi connectivity index (χ3v) is 4.32. The Balaban J connectivity index is 1.47. The van der Waals surface area contributed by atoms with E-state index in [1.165, 1.54) is 18.3 Å². The zero-order valence-electron chi connectivity index (χ0n) is 14.0. The molecule has 0 bridgehead atoms. The van der Waals surface area contributed by atoms with Gasteiger partial charge < -0.3 is 13.9 Å². The summed E-state index contributed by atoms with van der Waals surface area (Å²) in [5, 5.41) is 15.5. The molecule has 1 saturated carbocycles. The smallest absolute Gasteiger partial charge is 0.433 e. The summed E-state index contributed by atoms with van der Waals surface area (Å²) in [6, 6.07) is 2.56. The van der Waals surface area contributed by atoms with Crippen LogP contribution in [0.25, 0.3) is 0 Å². The van der Waals surface area contributed by atoms with Crippen LogP contribution in [0.4, 0.5) is 10.7 Å². The van der Waals surface area contributed by atoms with Crippen LogP contribution in [0.3, 0.4) is 0 Å². The van der Waals surface area contributed by atoms with E-state index < -0.39 is 23.0 Å². The molecule has 3 rings (SSSR count). The van der Waals surface area contributed by atoms with Crippen LogP contribution in [0, 0.1) is 16.0 Å². The van der Waals surface area contributed by atoms with E-state index in [9.17, 15) is 19.7 Å². The lowest BCUT2D eigenvalue weighted by Crippen LogP contribution is -2.27. The maximum Gasteiger partial charge on any atom is 0.433 e. The number of hydrazone groups is 1. The number of ether oxygens (including phenoxy) is 2. The summed E-state index contributed by atoms with van der Waals surface area (Å²) < 4.78 is 15.3. The van der Waals surface area contributed by atoms with Gasteiger partial charge in [0.25, 0.3) is 0 Å². The van der Waals surface area contributed by atoms with Crippen molar-refractivity contribution in [1.29, 1.82) is 0 Å². The number of nitrogens with zero attached hydrogens (tertiary/aromatic N) is 3. The van der Waals surface area contributed by atoms with Crippen molar-refractivity contribution in [2.75, 3.05) is 13.2 Å². The Bertz CT molecular complexity index is 708. The Morgan fingerprint density at radius 3 is 2.85 bits per heavy atom. The van der Waals surface area contributed by atoms with Crippen LogP contribution in [-0.4, -0.2) is 47.5 Å². The Morgan fingerprint density at radius 1 is 1.38 bits per heavy atom. The van der Waals surface area contributed by atoms with E-state index in [2.05, 4.69) is 5.10 Å². The summed E-state index contributed by atoms with van der Waals surface area (Å²) in [6.45, 7) is 0.107. The summed E-state index contributed by atoms with van der Waals surface area (Å²) in [7, 11) is 0. The van der Waals surface area contributed by atoms with Crippen molar-refractivity contribution in [3.63, 3.8) is 0 Å². The molecular weight excluding hydrogens is 346 g/mol. The normalized spacial score (nSPS) is 21.2. The number of carbonyl (C=O) groups excluding carboxylic acids is 2. The second-order valence-corrected chi connectivity index (χ2v) is 6.23. The Kier molecular flexibility index (Phi) is 5.49. The molecular formula is C16H19N3O7. The van der Waals surface area contributed by atoms with E-state index in [4.69, 9.17) is 13.9 Å². The lowest BCUT2D eigenvalue weighted by atomic mass is 9.89. The first-order valence-electron chi connectivity index (χ1n) is 8.46. The zero-order valence-corrected chi connectivity index (χ0v) is 14.0. The van der Waals surface area contributed by atoms with E-state index in [0.717, 1.165) is 37.1 Å². The van der Waals surface area contributed by atoms with Crippen molar-refractivity contribution in [1.82, 2.24) is 5.01 Å². The quantitative estimate of drug-likeness (QED) is 0.328. The second kappa shape index (κ2) is 7.98. The van der Waals surface area contributed by atoms with Gasteiger partial charge in [-0.15, -0.1) is 0 Å².